The summed E-state index contributed by atoms with van der Waals surface area (Å²) in [4.78, 5) is 17.1. The van der Waals surface area contributed by atoms with E-state index >= 15 is 0 Å². The average Bonchev–Trinajstić information content (AvgIpc) is 3.01. The highest BCUT2D eigenvalue weighted by Gasteiger charge is 2.16. The Morgan fingerprint density at radius 2 is 1.96 bits per heavy atom. The molecular formula is C20H28N2O3S. The zero-order valence-electron chi connectivity index (χ0n) is 16.2. The molecule has 6 heteroatoms. The molecule has 5 nitrogen and oxygen atoms in total. The summed E-state index contributed by atoms with van der Waals surface area (Å²) in [5.74, 6) is 0.873. The second-order valence-corrected chi connectivity index (χ2v) is 8.34. The predicted molar refractivity (Wildman–Crippen MR) is 106 cm³/mol. The molecule has 26 heavy (non-hydrogen) atoms. The second-order valence-electron chi connectivity index (χ2n) is 7.23. The maximum atomic E-state index is 11.7. The number of amides is 1. The molecule has 0 spiro atoms. The van der Waals surface area contributed by atoms with Crippen LogP contribution in [0.4, 0.5) is 4.79 Å². The first-order valence-corrected chi connectivity index (χ1v) is 9.77. The first kappa shape index (κ1) is 20.2. The van der Waals surface area contributed by atoms with Crippen molar-refractivity contribution < 1.29 is 14.3 Å². The smallest absolute Gasteiger partial charge is 0.407 e. The zero-order chi connectivity index (χ0) is 19.2. The molecule has 1 N–H and O–H groups in total. The minimum atomic E-state index is -0.499. The van der Waals surface area contributed by atoms with E-state index in [2.05, 4.69) is 24.1 Å². The molecule has 1 heterocycles. The maximum absolute atomic E-state index is 11.7. The van der Waals surface area contributed by atoms with Crippen LogP contribution in [0.1, 0.15) is 52.3 Å². The van der Waals surface area contributed by atoms with E-state index < -0.39 is 11.7 Å². The zero-order valence-corrected chi connectivity index (χ0v) is 17.0. The van der Waals surface area contributed by atoms with Crippen molar-refractivity contribution in [1.29, 1.82) is 0 Å². The summed E-state index contributed by atoms with van der Waals surface area (Å²) >= 11 is 1.55. The second kappa shape index (κ2) is 9.03. The number of carbonyl (C=O) groups excluding carboxylic acids is 1. The van der Waals surface area contributed by atoms with Crippen LogP contribution in [0.2, 0.25) is 0 Å². The van der Waals surface area contributed by atoms with Gasteiger partial charge in [0, 0.05) is 16.6 Å². The van der Waals surface area contributed by atoms with E-state index in [0.29, 0.717) is 6.54 Å². The van der Waals surface area contributed by atoms with Crippen LogP contribution < -0.4 is 10.1 Å². The van der Waals surface area contributed by atoms with E-state index in [4.69, 9.17) is 9.47 Å². The molecule has 0 radical (unpaired) electrons. The quantitative estimate of drug-likeness (QED) is 0.702. The molecule has 2 rings (SSSR count). The standard InChI is InChI=1S/C20H28N2O3S/c1-6-7-14(2)24-16-10-8-15(9-11-16)18-21-12-17(26-18)13-22-19(23)25-20(3,4)5/h8-12,14H,6-7,13H2,1-5H3,(H,22,23). The van der Waals surface area contributed by atoms with Gasteiger partial charge in [-0.15, -0.1) is 11.3 Å². The largest absolute Gasteiger partial charge is 0.491 e. The van der Waals surface area contributed by atoms with Crippen molar-refractivity contribution in [1.82, 2.24) is 10.3 Å². The van der Waals surface area contributed by atoms with Crippen molar-refractivity contribution in [3.05, 3.63) is 35.3 Å². The van der Waals surface area contributed by atoms with E-state index in [1.807, 2.05) is 45.0 Å². The molecule has 0 fully saturated rings. The third-order valence-corrected chi connectivity index (χ3v) is 4.54. The number of nitrogens with zero attached hydrogens (tertiary/aromatic N) is 1. The molecule has 1 unspecified atom stereocenters. The Bertz CT molecular complexity index is 705. The molecule has 1 atom stereocenters. The van der Waals surface area contributed by atoms with Gasteiger partial charge in [-0.2, -0.15) is 0 Å². The fraction of sp³-hybridized carbons (Fsp3) is 0.500. The lowest BCUT2D eigenvalue weighted by Crippen LogP contribution is -2.31. The summed E-state index contributed by atoms with van der Waals surface area (Å²) < 4.78 is 11.1. The highest BCUT2D eigenvalue weighted by atomic mass is 32.1. The van der Waals surface area contributed by atoms with E-state index in [9.17, 15) is 4.79 Å². The normalized spacial score (nSPS) is 12.5. The number of alkyl carbamates (subject to hydrolysis) is 1. The summed E-state index contributed by atoms with van der Waals surface area (Å²) in [5, 5.41) is 3.67. The van der Waals surface area contributed by atoms with Crippen molar-refractivity contribution in [3.8, 4) is 16.3 Å². The SMILES string of the molecule is CCCC(C)Oc1ccc(-c2ncc(CNC(=O)OC(C)(C)C)s2)cc1. The van der Waals surface area contributed by atoms with E-state index in [1.54, 1.807) is 17.5 Å². The van der Waals surface area contributed by atoms with Crippen molar-refractivity contribution in [3.63, 3.8) is 0 Å². The van der Waals surface area contributed by atoms with Crippen molar-refractivity contribution in [2.45, 2.75) is 65.7 Å². The molecule has 0 saturated carbocycles. The number of rotatable bonds is 7. The van der Waals surface area contributed by atoms with Gasteiger partial charge in [0.2, 0.25) is 0 Å². The lowest BCUT2D eigenvalue weighted by Gasteiger charge is -2.19. The molecule has 0 saturated heterocycles. The Labute approximate surface area is 159 Å². The van der Waals surface area contributed by atoms with Gasteiger partial charge in [-0.3, -0.25) is 0 Å². The Hall–Kier alpha value is -2.08. The molecular weight excluding hydrogens is 348 g/mol. The molecule has 0 aliphatic rings. The van der Waals surface area contributed by atoms with Crippen LogP contribution >= 0.6 is 11.3 Å². The third-order valence-electron chi connectivity index (χ3n) is 3.49. The number of hydrogen-bond acceptors (Lipinski definition) is 5. The van der Waals surface area contributed by atoms with Crippen LogP contribution in [0.25, 0.3) is 10.6 Å². The van der Waals surface area contributed by atoms with Gasteiger partial charge in [-0.05, 0) is 58.4 Å². The van der Waals surface area contributed by atoms with Crippen LogP contribution in [0, 0.1) is 0 Å². The van der Waals surface area contributed by atoms with Gasteiger partial charge in [-0.1, -0.05) is 13.3 Å². The Morgan fingerprint density at radius 1 is 1.27 bits per heavy atom. The third kappa shape index (κ3) is 6.67. The van der Waals surface area contributed by atoms with E-state index in [-0.39, 0.29) is 6.10 Å². The van der Waals surface area contributed by atoms with E-state index in [1.165, 1.54) is 0 Å². The topological polar surface area (TPSA) is 60.5 Å². The van der Waals surface area contributed by atoms with Crippen LogP contribution in [0.5, 0.6) is 5.75 Å². The predicted octanol–water partition coefficient (Wildman–Crippen LogP) is 5.40. The van der Waals surface area contributed by atoms with Crippen LogP contribution in [0.15, 0.2) is 30.5 Å². The number of hydrogen-bond donors (Lipinski definition) is 1. The molecule has 0 bridgehead atoms. The maximum Gasteiger partial charge on any atom is 0.407 e. The van der Waals surface area contributed by atoms with Gasteiger partial charge >= 0.3 is 6.09 Å². The lowest BCUT2D eigenvalue weighted by atomic mass is 10.2. The Kier molecular flexibility index (Phi) is 7.03. The highest BCUT2D eigenvalue weighted by Crippen LogP contribution is 2.27. The van der Waals surface area contributed by atoms with Gasteiger partial charge in [0.15, 0.2) is 0 Å². The van der Waals surface area contributed by atoms with Crippen LogP contribution in [-0.4, -0.2) is 22.8 Å². The van der Waals surface area contributed by atoms with Gasteiger partial charge in [-0.25, -0.2) is 9.78 Å². The van der Waals surface area contributed by atoms with Gasteiger partial charge in [0.05, 0.1) is 12.6 Å². The van der Waals surface area contributed by atoms with Crippen LogP contribution in [0.3, 0.4) is 0 Å². The van der Waals surface area contributed by atoms with Gasteiger partial charge < -0.3 is 14.8 Å². The number of benzene rings is 1. The first-order chi connectivity index (χ1) is 12.3. The fourth-order valence-corrected chi connectivity index (χ4v) is 3.23. The molecule has 2 aromatic rings. The molecule has 1 amide bonds. The minimum Gasteiger partial charge on any atom is -0.491 e. The fourth-order valence-electron chi connectivity index (χ4n) is 2.37. The summed E-state index contributed by atoms with van der Waals surface area (Å²) in [6, 6.07) is 7.97. The number of carbonyl (C=O) groups is 1. The number of nitrogens with one attached hydrogen (secondary N) is 1. The molecule has 0 aliphatic carbocycles. The Balaban J connectivity index is 1.91. The molecule has 142 valence electrons. The highest BCUT2D eigenvalue weighted by molar-refractivity contribution is 7.15. The van der Waals surface area contributed by atoms with Crippen molar-refractivity contribution in [2.24, 2.45) is 0 Å². The van der Waals surface area contributed by atoms with Crippen molar-refractivity contribution in [2.75, 3.05) is 0 Å². The minimum absolute atomic E-state index is 0.219. The summed E-state index contributed by atoms with van der Waals surface area (Å²) in [6.45, 7) is 10.2. The average molecular weight is 377 g/mol. The molecule has 1 aromatic carbocycles. The summed E-state index contributed by atoms with van der Waals surface area (Å²) in [5.41, 5.74) is 0.537. The molecule has 0 aliphatic heterocycles. The molecule has 1 aromatic heterocycles. The first-order valence-electron chi connectivity index (χ1n) is 8.95. The van der Waals surface area contributed by atoms with E-state index in [0.717, 1.165) is 34.0 Å². The van der Waals surface area contributed by atoms with Gasteiger partial charge in [0.1, 0.15) is 16.4 Å². The van der Waals surface area contributed by atoms with Gasteiger partial charge in [0.25, 0.3) is 0 Å². The summed E-state index contributed by atoms with van der Waals surface area (Å²) in [6.07, 6.45) is 3.73. The summed E-state index contributed by atoms with van der Waals surface area (Å²) in [7, 11) is 0. The lowest BCUT2D eigenvalue weighted by molar-refractivity contribution is 0.0524. The Morgan fingerprint density at radius 3 is 2.58 bits per heavy atom. The van der Waals surface area contributed by atoms with Crippen LogP contribution in [-0.2, 0) is 11.3 Å². The monoisotopic (exact) mass is 376 g/mol. The number of ether oxygens (including phenoxy) is 2. The number of thiazole rings is 1. The number of aromatic nitrogens is 1. The van der Waals surface area contributed by atoms with Crippen molar-refractivity contribution >= 4 is 17.4 Å².